The molecule has 1 heterocycles. The van der Waals surface area contributed by atoms with Crippen LogP contribution in [0.4, 0.5) is 5.69 Å². The van der Waals surface area contributed by atoms with E-state index in [0.29, 0.717) is 24.1 Å². The summed E-state index contributed by atoms with van der Waals surface area (Å²) in [7, 11) is 1.33. The number of hydrogen-bond acceptors (Lipinski definition) is 5. The Morgan fingerprint density at radius 1 is 1.50 bits per heavy atom. The average Bonchev–Trinajstić information content (AvgIpc) is 2.89. The van der Waals surface area contributed by atoms with Crippen LogP contribution in [-0.4, -0.2) is 24.7 Å². The molecule has 2 N–H and O–H groups in total. The van der Waals surface area contributed by atoms with E-state index in [0.717, 1.165) is 0 Å². The molecule has 0 saturated heterocycles. The third kappa shape index (κ3) is 2.91. The fourth-order valence-electron chi connectivity index (χ4n) is 2.21. The molecule has 1 aromatic heterocycles. The Balaban J connectivity index is 2.08. The van der Waals surface area contributed by atoms with Crippen LogP contribution in [0.1, 0.15) is 36.0 Å². The molecule has 0 amide bonds. The predicted molar refractivity (Wildman–Crippen MR) is 67.4 cm³/mol. The molecule has 5 heteroatoms. The second kappa shape index (κ2) is 5.71. The van der Waals surface area contributed by atoms with Crippen LogP contribution >= 0.6 is 0 Å². The van der Waals surface area contributed by atoms with Gasteiger partial charge in [-0.2, -0.15) is 0 Å². The highest BCUT2D eigenvalue weighted by atomic mass is 16.5. The summed E-state index contributed by atoms with van der Waals surface area (Å²) in [5.74, 6) is 0.397. The number of nitrogens with two attached hydrogens (primary N) is 1. The molecule has 5 nitrogen and oxygen atoms in total. The summed E-state index contributed by atoms with van der Waals surface area (Å²) in [6.45, 7) is 0.598. The molecule has 0 bridgehead atoms. The third-order valence-corrected chi connectivity index (χ3v) is 3.21. The number of nitrogen functional groups attached to an aromatic ring is 1. The number of hydrogen-bond donors (Lipinski definition) is 1. The first-order valence-electron chi connectivity index (χ1n) is 6.17. The van der Waals surface area contributed by atoms with Gasteiger partial charge in [0.2, 0.25) is 5.88 Å². The van der Waals surface area contributed by atoms with Gasteiger partial charge < -0.3 is 15.2 Å². The number of methoxy groups -OCH3 is 1. The molecule has 1 aromatic rings. The molecule has 0 spiro atoms. The minimum Gasteiger partial charge on any atom is -0.477 e. The zero-order valence-corrected chi connectivity index (χ0v) is 10.5. The Morgan fingerprint density at radius 2 is 2.22 bits per heavy atom. The van der Waals surface area contributed by atoms with Gasteiger partial charge in [0.15, 0.2) is 0 Å². The zero-order chi connectivity index (χ0) is 13.0. The zero-order valence-electron chi connectivity index (χ0n) is 10.5. The SMILES string of the molecule is COC(=O)c1cc(N)cnc1OCC1CCCC1. The van der Waals surface area contributed by atoms with Crippen LogP contribution in [0.5, 0.6) is 5.88 Å². The van der Waals surface area contributed by atoms with Gasteiger partial charge in [0.05, 0.1) is 25.6 Å². The number of ether oxygens (including phenoxy) is 2. The van der Waals surface area contributed by atoms with E-state index in [4.69, 9.17) is 10.5 Å². The van der Waals surface area contributed by atoms with E-state index in [1.807, 2.05) is 0 Å². The summed E-state index contributed by atoms with van der Waals surface area (Å²) in [4.78, 5) is 15.6. The van der Waals surface area contributed by atoms with Crippen molar-refractivity contribution in [3.05, 3.63) is 17.8 Å². The van der Waals surface area contributed by atoms with Crippen LogP contribution in [-0.2, 0) is 4.74 Å². The van der Waals surface area contributed by atoms with Gasteiger partial charge in [-0.1, -0.05) is 12.8 Å². The molecule has 0 aliphatic heterocycles. The molecule has 0 unspecified atom stereocenters. The van der Waals surface area contributed by atoms with E-state index in [1.165, 1.54) is 45.1 Å². The molecule has 18 heavy (non-hydrogen) atoms. The molecule has 2 rings (SSSR count). The van der Waals surface area contributed by atoms with Crippen molar-refractivity contribution in [3.8, 4) is 5.88 Å². The largest absolute Gasteiger partial charge is 0.477 e. The molecule has 1 aliphatic rings. The summed E-state index contributed by atoms with van der Waals surface area (Å²) in [5.41, 5.74) is 6.32. The highest BCUT2D eigenvalue weighted by Crippen LogP contribution is 2.26. The summed E-state index contributed by atoms with van der Waals surface area (Å²) in [5, 5.41) is 0. The second-order valence-corrected chi connectivity index (χ2v) is 4.57. The van der Waals surface area contributed by atoms with Crippen molar-refractivity contribution in [1.29, 1.82) is 0 Å². The van der Waals surface area contributed by atoms with E-state index < -0.39 is 5.97 Å². The van der Waals surface area contributed by atoms with Gasteiger partial charge in [-0.15, -0.1) is 0 Å². The molecule has 1 aliphatic carbocycles. The van der Waals surface area contributed by atoms with Crippen molar-refractivity contribution in [2.24, 2.45) is 5.92 Å². The number of anilines is 1. The Kier molecular flexibility index (Phi) is 4.02. The lowest BCUT2D eigenvalue weighted by molar-refractivity contribution is 0.0594. The normalized spacial score (nSPS) is 15.6. The number of carbonyl (C=O) groups excluding carboxylic acids is 1. The highest BCUT2D eigenvalue weighted by molar-refractivity contribution is 5.92. The summed E-state index contributed by atoms with van der Waals surface area (Å²) in [6, 6.07) is 1.53. The van der Waals surface area contributed by atoms with Crippen LogP contribution in [0.2, 0.25) is 0 Å². The molecule has 1 fully saturated rings. The standard InChI is InChI=1S/C13H18N2O3/c1-17-13(16)11-6-10(14)7-15-12(11)18-8-9-4-2-3-5-9/h6-7,9H,2-5,8,14H2,1H3. The Bertz CT molecular complexity index is 428. The van der Waals surface area contributed by atoms with Crippen molar-refractivity contribution in [2.75, 3.05) is 19.5 Å². The maximum Gasteiger partial charge on any atom is 0.343 e. The topological polar surface area (TPSA) is 74.4 Å². The Hall–Kier alpha value is -1.78. The molecular formula is C13H18N2O3. The van der Waals surface area contributed by atoms with Crippen LogP contribution < -0.4 is 10.5 Å². The lowest BCUT2D eigenvalue weighted by atomic mass is 10.1. The molecular weight excluding hydrogens is 232 g/mol. The van der Waals surface area contributed by atoms with Crippen LogP contribution in [0.25, 0.3) is 0 Å². The van der Waals surface area contributed by atoms with Crippen molar-refractivity contribution in [3.63, 3.8) is 0 Å². The van der Waals surface area contributed by atoms with Crippen molar-refractivity contribution in [2.45, 2.75) is 25.7 Å². The molecule has 0 aromatic carbocycles. The smallest absolute Gasteiger partial charge is 0.343 e. The minimum atomic E-state index is -0.476. The number of nitrogens with zero attached hydrogens (tertiary/aromatic N) is 1. The summed E-state index contributed by atoms with van der Waals surface area (Å²) >= 11 is 0. The van der Waals surface area contributed by atoms with E-state index in [2.05, 4.69) is 9.72 Å². The van der Waals surface area contributed by atoms with E-state index in [9.17, 15) is 4.79 Å². The van der Waals surface area contributed by atoms with Gasteiger partial charge in [-0.05, 0) is 24.8 Å². The Morgan fingerprint density at radius 3 is 2.89 bits per heavy atom. The monoisotopic (exact) mass is 250 g/mol. The number of aromatic nitrogens is 1. The van der Waals surface area contributed by atoms with Gasteiger partial charge in [0, 0.05) is 0 Å². The number of esters is 1. The average molecular weight is 250 g/mol. The summed E-state index contributed by atoms with van der Waals surface area (Å²) in [6.07, 6.45) is 6.36. The van der Waals surface area contributed by atoms with Crippen molar-refractivity contribution < 1.29 is 14.3 Å². The van der Waals surface area contributed by atoms with E-state index in [-0.39, 0.29) is 5.56 Å². The lowest BCUT2D eigenvalue weighted by Gasteiger charge is -2.13. The van der Waals surface area contributed by atoms with Gasteiger partial charge in [0.25, 0.3) is 0 Å². The van der Waals surface area contributed by atoms with Gasteiger partial charge in [-0.25, -0.2) is 9.78 Å². The van der Waals surface area contributed by atoms with Crippen LogP contribution in [0, 0.1) is 5.92 Å². The maximum atomic E-state index is 11.6. The highest BCUT2D eigenvalue weighted by Gasteiger charge is 2.19. The second-order valence-electron chi connectivity index (χ2n) is 4.57. The molecule has 98 valence electrons. The fourth-order valence-corrected chi connectivity index (χ4v) is 2.21. The number of pyridine rings is 1. The first kappa shape index (κ1) is 12.7. The van der Waals surface area contributed by atoms with E-state index >= 15 is 0 Å². The maximum absolute atomic E-state index is 11.6. The van der Waals surface area contributed by atoms with Crippen LogP contribution in [0.15, 0.2) is 12.3 Å². The quantitative estimate of drug-likeness (QED) is 0.827. The molecule has 1 saturated carbocycles. The van der Waals surface area contributed by atoms with E-state index in [1.54, 1.807) is 0 Å². The molecule has 0 atom stereocenters. The Labute approximate surface area is 106 Å². The first-order valence-corrected chi connectivity index (χ1v) is 6.17. The fraction of sp³-hybridized carbons (Fsp3) is 0.538. The van der Waals surface area contributed by atoms with Crippen molar-refractivity contribution >= 4 is 11.7 Å². The molecule has 0 radical (unpaired) electrons. The van der Waals surface area contributed by atoms with Gasteiger partial charge in [-0.3, -0.25) is 0 Å². The summed E-state index contributed by atoms with van der Waals surface area (Å²) < 4.78 is 10.3. The van der Waals surface area contributed by atoms with Crippen molar-refractivity contribution in [1.82, 2.24) is 4.98 Å². The third-order valence-electron chi connectivity index (χ3n) is 3.21. The lowest BCUT2D eigenvalue weighted by Crippen LogP contribution is -2.13. The minimum absolute atomic E-state index is 0.287. The van der Waals surface area contributed by atoms with Gasteiger partial charge >= 0.3 is 5.97 Å². The first-order chi connectivity index (χ1) is 8.70. The number of carbonyl (C=O) groups is 1. The number of rotatable bonds is 4. The van der Waals surface area contributed by atoms with Gasteiger partial charge in [0.1, 0.15) is 5.56 Å². The van der Waals surface area contributed by atoms with Crippen LogP contribution in [0.3, 0.4) is 0 Å². The predicted octanol–water partition coefficient (Wildman–Crippen LogP) is 2.02.